The SMILES string of the molecule is CCNC(=NCCNC(=O)C1CCCCC1)N1CCN(C(C)C(=O)N2CCCC2)CC1.I. The Balaban J connectivity index is 0.00000363. The lowest BCUT2D eigenvalue weighted by molar-refractivity contribution is -0.135. The number of hydrogen-bond acceptors (Lipinski definition) is 4. The fraction of sp³-hybridized carbons (Fsp3) is 0.870. The second-order valence-electron chi connectivity index (χ2n) is 9.09. The van der Waals surface area contributed by atoms with Crippen LogP contribution in [-0.4, -0.2) is 97.4 Å². The maximum absolute atomic E-state index is 12.7. The molecule has 1 aliphatic carbocycles. The number of amides is 2. The normalized spacial score (nSPS) is 21.8. The lowest BCUT2D eigenvalue weighted by Crippen LogP contribution is -2.57. The molecule has 0 radical (unpaired) electrons. The minimum atomic E-state index is -0.0465. The molecule has 2 heterocycles. The van der Waals surface area contributed by atoms with Crippen molar-refractivity contribution in [3.05, 3.63) is 0 Å². The van der Waals surface area contributed by atoms with Crippen LogP contribution in [-0.2, 0) is 9.59 Å². The van der Waals surface area contributed by atoms with Gasteiger partial charge in [0.1, 0.15) is 0 Å². The monoisotopic (exact) mass is 562 g/mol. The van der Waals surface area contributed by atoms with E-state index in [0.717, 1.165) is 77.5 Å². The van der Waals surface area contributed by atoms with Crippen molar-refractivity contribution in [2.75, 3.05) is 58.9 Å². The summed E-state index contributed by atoms with van der Waals surface area (Å²) < 4.78 is 0. The van der Waals surface area contributed by atoms with Gasteiger partial charge in [0.25, 0.3) is 0 Å². The summed E-state index contributed by atoms with van der Waals surface area (Å²) in [5, 5.41) is 6.46. The van der Waals surface area contributed by atoms with E-state index >= 15 is 0 Å². The minimum Gasteiger partial charge on any atom is -0.357 e. The first-order valence-electron chi connectivity index (χ1n) is 12.4. The lowest BCUT2D eigenvalue weighted by atomic mass is 9.89. The third-order valence-corrected chi connectivity index (χ3v) is 6.92. The number of carbonyl (C=O) groups is 2. The maximum Gasteiger partial charge on any atom is 0.239 e. The second kappa shape index (κ2) is 14.2. The van der Waals surface area contributed by atoms with Crippen LogP contribution in [0.2, 0.25) is 0 Å². The van der Waals surface area contributed by atoms with Crippen LogP contribution in [0.15, 0.2) is 4.99 Å². The maximum atomic E-state index is 12.7. The number of piperazine rings is 1. The molecule has 2 aliphatic heterocycles. The Morgan fingerprint density at radius 3 is 2.19 bits per heavy atom. The summed E-state index contributed by atoms with van der Waals surface area (Å²) in [6.45, 7) is 11.4. The first kappa shape index (κ1) is 27.1. The molecule has 1 atom stereocenters. The van der Waals surface area contributed by atoms with Gasteiger partial charge in [-0.2, -0.15) is 0 Å². The first-order chi connectivity index (χ1) is 15.1. The molecule has 3 aliphatic rings. The van der Waals surface area contributed by atoms with E-state index in [1.54, 1.807) is 0 Å². The van der Waals surface area contributed by atoms with E-state index in [4.69, 9.17) is 4.99 Å². The van der Waals surface area contributed by atoms with Crippen LogP contribution in [0.4, 0.5) is 0 Å². The van der Waals surface area contributed by atoms with Crippen molar-refractivity contribution in [3.63, 3.8) is 0 Å². The summed E-state index contributed by atoms with van der Waals surface area (Å²) >= 11 is 0. The lowest BCUT2D eigenvalue weighted by Gasteiger charge is -2.39. The van der Waals surface area contributed by atoms with E-state index in [1.807, 2.05) is 11.8 Å². The van der Waals surface area contributed by atoms with Gasteiger partial charge in [-0.1, -0.05) is 19.3 Å². The number of halogens is 1. The number of aliphatic imine (C=N–C) groups is 1. The van der Waals surface area contributed by atoms with Gasteiger partial charge in [-0.3, -0.25) is 19.5 Å². The van der Waals surface area contributed by atoms with E-state index in [9.17, 15) is 9.59 Å². The fourth-order valence-corrected chi connectivity index (χ4v) is 4.95. The van der Waals surface area contributed by atoms with Gasteiger partial charge in [0.15, 0.2) is 5.96 Å². The van der Waals surface area contributed by atoms with Gasteiger partial charge in [-0.15, -0.1) is 24.0 Å². The average molecular weight is 563 g/mol. The van der Waals surface area contributed by atoms with E-state index in [-0.39, 0.29) is 47.8 Å². The molecule has 1 unspecified atom stereocenters. The van der Waals surface area contributed by atoms with Crippen molar-refractivity contribution >= 4 is 41.8 Å². The number of nitrogens with one attached hydrogen (secondary N) is 2. The number of guanidine groups is 1. The quantitative estimate of drug-likeness (QED) is 0.215. The highest BCUT2D eigenvalue weighted by molar-refractivity contribution is 14.0. The number of rotatable bonds is 7. The fourth-order valence-electron chi connectivity index (χ4n) is 4.95. The Morgan fingerprint density at radius 2 is 1.56 bits per heavy atom. The van der Waals surface area contributed by atoms with Crippen LogP contribution in [0.3, 0.4) is 0 Å². The second-order valence-corrected chi connectivity index (χ2v) is 9.09. The van der Waals surface area contributed by atoms with Crippen LogP contribution < -0.4 is 10.6 Å². The van der Waals surface area contributed by atoms with Gasteiger partial charge >= 0.3 is 0 Å². The standard InChI is InChI=1S/C23H42N6O2.HI/c1-3-24-23(26-12-11-25-21(30)20-9-5-4-6-10-20)29-17-15-27(16-18-29)19(2)22(31)28-13-7-8-14-28;/h19-20H,3-18H2,1-2H3,(H,24,26)(H,25,30);1H. The predicted octanol–water partition coefficient (Wildman–Crippen LogP) is 1.89. The Labute approximate surface area is 210 Å². The largest absolute Gasteiger partial charge is 0.357 e. The molecule has 0 bridgehead atoms. The van der Waals surface area contributed by atoms with Gasteiger partial charge < -0.3 is 20.4 Å². The summed E-state index contributed by atoms with van der Waals surface area (Å²) in [5.74, 6) is 1.59. The zero-order valence-electron chi connectivity index (χ0n) is 20.0. The smallest absolute Gasteiger partial charge is 0.239 e. The Morgan fingerprint density at radius 1 is 0.906 bits per heavy atom. The molecule has 0 aromatic carbocycles. The van der Waals surface area contributed by atoms with Gasteiger partial charge in [0.2, 0.25) is 11.8 Å². The Kier molecular flexibility index (Phi) is 12.1. The van der Waals surface area contributed by atoms with Crippen molar-refractivity contribution in [2.45, 2.75) is 64.8 Å². The molecule has 2 N–H and O–H groups in total. The minimum absolute atomic E-state index is 0. The molecule has 32 heavy (non-hydrogen) atoms. The van der Waals surface area contributed by atoms with Crippen molar-refractivity contribution in [2.24, 2.45) is 10.9 Å². The molecular formula is C23H43IN6O2. The third-order valence-electron chi connectivity index (χ3n) is 6.92. The molecule has 2 saturated heterocycles. The topological polar surface area (TPSA) is 80.3 Å². The van der Waals surface area contributed by atoms with Gasteiger partial charge in [0, 0.05) is 58.3 Å². The van der Waals surface area contributed by atoms with Crippen LogP contribution >= 0.6 is 24.0 Å². The van der Waals surface area contributed by atoms with E-state index in [1.165, 1.54) is 19.3 Å². The summed E-state index contributed by atoms with van der Waals surface area (Å²) in [6.07, 6.45) is 7.94. The van der Waals surface area contributed by atoms with Crippen molar-refractivity contribution in [1.82, 2.24) is 25.3 Å². The number of carbonyl (C=O) groups excluding carboxylic acids is 2. The summed E-state index contributed by atoms with van der Waals surface area (Å²) in [5.41, 5.74) is 0. The highest BCUT2D eigenvalue weighted by Crippen LogP contribution is 2.23. The molecule has 0 spiro atoms. The summed E-state index contributed by atoms with van der Waals surface area (Å²) in [7, 11) is 0. The zero-order valence-corrected chi connectivity index (χ0v) is 22.3. The first-order valence-corrected chi connectivity index (χ1v) is 12.4. The zero-order chi connectivity index (χ0) is 22.1. The molecule has 184 valence electrons. The van der Waals surface area contributed by atoms with Crippen molar-refractivity contribution in [3.8, 4) is 0 Å². The van der Waals surface area contributed by atoms with Gasteiger partial charge in [0.05, 0.1) is 12.6 Å². The van der Waals surface area contributed by atoms with Crippen LogP contribution in [0.25, 0.3) is 0 Å². The number of likely N-dealkylation sites (tertiary alicyclic amines) is 1. The molecular weight excluding hydrogens is 519 g/mol. The van der Waals surface area contributed by atoms with Crippen LogP contribution in [0, 0.1) is 5.92 Å². The van der Waals surface area contributed by atoms with Crippen molar-refractivity contribution < 1.29 is 9.59 Å². The van der Waals surface area contributed by atoms with Crippen molar-refractivity contribution in [1.29, 1.82) is 0 Å². The average Bonchev–Trinajstić information content (AvgIpc) is 3.36. The molecule has 0 aromatic rings. The highest BCUT2D eigenvalue weighted by Gasteiger charge is 2.30. The van der Waals surface area contributed by atoms with E-state index in [0.29, 0.717) is 13.1 Å². The predicted molar refractivity (Wildman–Crippen MR) is 139 cm³/mol. The molecule has 0 aromatic heterocycles. The number of hydrogen-bond donors (Lipinski definition) is 2. The molecule has 2 amide bonds. The van der Waals surface area contributed by atoms with Crippen LogP contribution in [0.1, 0.15) is 58.8 Å². The highest BCUT2D eigenvalue weighted by atomic mass is 127. The van der Waals surface area contributed by atoms with E-state index in [2.05, 4.69) is 27.4 Å². The molecule has 9 heteroatoms. The van der Waals surface area contributed by atoms with E-state index < -0.39 is 0 Å². The third kappa shape index (κ3) is 7.74. The Hall–Kier alpha value is -1.10. The van der Waals surface area contributed by atoms with Crippen LogP contribution in [0.5, 0.6) is 0 Å². The number of nitrogens with zero attached hydrogens (tertiary/aromatic N) is 4. The molecule has 1 saturated carbocycles. The molecule has 3 fully saturated rings. The Bertz CT molecular complexity index is 612. The summed E-state index contributed by atoms with van der Waals surface area (Å²) in [4.78, 5) is 36.3. The molecule has 8 nitrogen and oxygen atoms in total. The summed E-state index contributed by atoms with van der Waals surface area (Å²) in [6, 6.07) is -0.0465. The molecule has 3 rings (SSSR count). The van der Waals surface area contributed by atoms with Gasteiger partial charge in [-0.25, -0.2) is 0 Å². The van der Waals surface area contributed by atoms with Gasteiger partial charge in [-0.05, 0) is 39.5 Å².